The average molecular weight is 337 g/mol. The molecule has 0 saturated carbocycles. The van der Waals surface area contributed by atoms with Gasteiger partial charge < -0.3 is 21.1 Å². The lowest BCUT2D eigenvalue weighted by atomic mass is 10.1. The maximum absolute atomic E-state index is 12.5. The number of carboxylic acids is 1. The molecule has 0 radical (unpaired) electrons. The minimum absolute atomic E-state index is 0.00533. The normalized spacial score (nSPS) is 12.0. The highest BCUT2D eigenvalue weighted by molar-refractivity contribution is 7.71. The van der Waals surface area contributed by atoms with Crippen molar-refractivity contribution in [3.8, 4) is 0 Å². The first-order valence-corrected chi connectivity index (χ1v) is 7.18. The van der Waals surface area contributed by atoms with Gasteiger partial charge in [0, 0.05) is 12.7 Å². The van der Waals surface area contributed by atoms with Gasteiger partial charge in [-0.05, 0) is 37.2 Å². The lowest BCUT2D eigenvalue weighted by Gasteiger charge is -2.16. The number of nitrogens with two attached hydrogens (primary N) is 1. The molecule has 0 saturated heterocycles. The van der Waals surface area contributed by atoms with Crippen molar-refractivity contribution in [3.63, 3.8) is 0 Å². The summed E-state index contributed by atoms with van der Waals surface area (Å²) in [7, 11) is 0. The van der Waals surface area contributed by atoms with E-state index in [1.165, 1.54) is 6.20 Å². The molecule has 122 valence electrons. The van der Waals surface area contributed by atoms with Crippen molar-refractivity contribution < 1.29 is 14.7 Å². The molecule has 0 aromatic carbocycles. The third kappa shape index (κ3) is 3.72. The Labute approximate surface area is 135 Å². The van der Waals surface area contributed by atoms with Crippen molar-refractivity contribution in [2.45, 2.75) is 18.9 Å². The van der Waals surface area contributed by atoms with Crippen LogP contribution in [0.2, 0.25) is 0 Å². The van der Waals surface area contributed by atoms with Gasteiger partial charge in [-0.3, -0.25) is 9.36 Å². The Balaban J connectivity index is 2.38. The molecule has 2 amide bonds. The largest absolute Gasteiger partial charge is 0.480 e. The van der Waals surface area contributed by atoms with Crippen LogP contribution in [0.1, 0.15) is 18.9 Å². The molecule has 2 rings (SSSR count). The van der Waals surface area contributed by atoms with E-state index in [1.807, 2.05) is 0 Å². The molecule has 2 aromatic heterocycles. The van der Waals surface area contributed by atoms with Crippen molar-refractivity contribution in [1.29, 1.82) is 0 Å². The average Bonchev–Trinajstić information content (AvgIpc) is 2.48. The Kier molecular flexibility index (Phi) is 5.06. The van der Waals surface area contributed by atoms with Crippen LogP contribution in [0.25, 0.3) is 11.0 Å². The molecular formula is C13H15N5O4S. The zero-order valence-corrected chi connectivity index (χ0v) is 12.8. The monoisotopic (exact) mass is 337 g/mol. The van der Waals surface area contributed by atoms with Gasteiger partial charge in [-0.25, -0.2) is 14.6 Å². The van der Waals surface area contributed by atoms with Gasteiger partial charge in [-0.2, -0.15) is 0 Å². The van der Waals surface area contributed by atoms with Crippen LogP contribution in [0.15, 0.2) is 23.1 Å². The fraction of sp³-hybridized carbons (Fsp3) is 0.308. The number of aromatic amines is 1. The third-order valence-corrected chi connectivity index (χ3v) is 3.54. The van der Waals surface area contributed by atoms with E-state index in [0.29, 0.717) is 11.9 Å². The second-order valence-electron chi connectivity index (χ2n) is 4.79. The van der Waals surface area contributed by atoms with Gasteiger partial charge in [0.2, 0.25) is 0 Å². The number of carbonyl (C=O) groups is 2. The summed E-state index contributed by atoms with van der Waals surface area (Å²) in [5.74, 6) is -1.19. The molecule has 9 nitrogen and oxygen atoms in total. The van der Waals surface area contributed by atoms with E-state index in [0.717, 1.165) is 4.57 Å². The maximum atomic E-state index is 12.5. The lowest BCUT2D eigenvalue weighted by molar-refractivity contribution is -0.141. The number of fused-ring (bicyclic) bond motifs is 1. The number of aromatic nitrogens is 3. The molecule has 10 heteroatoms. The molecule has 23 heavy (non-hydrogen) atoms. The first kappa shape index (κ1) is 16.6. The highest BCUT2D eigenvalue weighted by Gasteiger charge is 2.23. The zero-order valence-electron chi connectivity index (χ0n) is 12.0. The summed E-state index contributed by atoms with van der Waals surface area (Å²) in [5.41, 5.74) is 4.93. The lowest BCUT2D eigenvalue weighted by Crippen LogP contribution is -2.33. The summed E-state index contributed by atoms with van der Waals surface area (Å²) in [4.78, 5) is 41.4. The first-order chi connectivity index (χ1) is 10.9. The second-order valence-corrected chi connectivity index (χ2v) is 5.18. The number of aliphatic carboxylic acids is 1. The van der Waals surface area contributed by atoms with Crippen LogP contribution in [-0.2, 0) is 4.79 Å². The van der Waals surface area contributed by atoms with E-state index in [9.17, 15) is 19.5 Å². The number of pyridine rings is 1. The Morgan fingerprint density at radius 3 is 2.91 bits per heavy atom. The van der Waals surface area contributed by atoms with Gasteiger partial charge >= 0.3 is 12.0 Å². The van der Waals surface area contributed by atoms with Gasteiger partial charge in [-0.15, -0.1) is 0 Å². The molecule has 2 aromatic rings. The van der Waals surface area contributed by atoms with Crippen LogP contribution >= 0.6 is 12.2 Å². The zero-order chi connectivity index (χ0) is 17.0. The van der Waals surface area contributed by atoms with Crippen LogP contribution in [0.4, 0.5) is 4.79 Å². The number of carbonyl (C=O) groups excluding carboxylic acids is 1. The number of amides is 2. The summed E-state index contributed by atoms with van der Waals surface area (Å²) >= 11 is 5.11. The van der Waals surface area contributed by atoms with Crippen molar-refractivity contribution in [2.24, 2.45) is 5.73 Å². The van der Waals surface area contributed by atoms with Crippen LogP contribution in [0, 0.1) is 4.77 Å². The number of rotatable bonds is 6. The predicted octanol–water partition coefficient (Wildman–Crippen LogP) is 0.528. The molecule has 1 atom stereocenters. The SMILES string of the molecule is NC(=O)NCCC[C@@H](C(=O)O)n1c(=S)[nH]c2cccnc2c1=O. The smallest absolute Gasteiger partial charge is 0.326 e. The Hall–Kier alpha value is -2.75. The van der Waals surface area contributed by atoms with E-state index in [1.54, 1.807) is 12.1 Å². The topological polar surface area (TPSA) is 143 Å². The quantitative estimate of drug-likeness (QED) is 0.447. The molecule has 0 unspecified atom stereocenters. The molecule has 0 fully saturated rings. The number of hydrogen-bond acceptors (Lipinski definition) is 5. The minimum Gasteiger partial charge on any atom is -0.480 e. The van der Waals surface area contributed by atoms with Gasteiger partial charge in [-0.1, -0.05) is 0 Å². The summed E-state index contributed by atoms with van der Waals surface area (Å²) in [6.07, 6.45) is 1.87. The molecule has 0 spiro atoms. The van der Waals surface area contributed by atoms with Crippen molar-refractivity contribution >= 4 is 35.3 Å². The number of primary amides is 1. The van der Waals surface area contributed by atoms with Crippen LogP contribution in [-0.4, -0.2) is 38.2 Å². The van der Waals surface area contributed by atoms with E-state index in [-0.39, 0.29) is 23.3 Å². The van der Waals surface area contributed by atoms with Gasteiger partial charge in [0.1, 0.15) is 6.04 Å². The molecule has 2 heterocycles. The van der Waals surface area contributed by atoms with Crippen molar-refractivity contribution in [1.82, 2.24) is 19.9 Å². The number of H-pyrrole nitrogens is 1. The van der Waals surface area contributed by atoms with Crippen LogP contribution in [0.5, 0.6) is 0 Å². The Morgan fingerprint density at radius 1 is 1.52 bits per heavy atom. The number of nitrogens with one attached hydrogen (secondary N) is 2. The summed E-state index contributed by atoms with van der Waals surface area (Å²) in [6, 6.07) is 1.42. The Morgan fingerprint density at radius 2 is 2.26 bits per heavy atom. The van der Waals surface area contributed by atoms with Crippen LogP contribution in [0.3, 0.4) is 0 Å². The molecule has 0 aliphatic heterocycles. The number of nitrogens with zero attached hydrogens (tertiary/aromatic N) is 2. The van der Waals surface area contributed by atoms with Gasteiger partial charge in [0.15, 0.2) is 10.3 Å². The minimum atomic E-state index is -1.19. The van der Waals surface area contributed by atoms with E-state index in [2.05, 4.69) is 15.3 Å². The number of hydrogen-bond donors (Lipinski definition) is 4. The molecule has 0 aliphatic carbocycles. The molecule has 0 bridgehead atoms. The highest BCUT2D eigenvalue weighted by Crippen LogP contribution is 2.14. The first-order valence-electron chi connectivity index (χ1n) is 6.77. The fourth-order valence-corrected chi connectivity index (χ4v) is 2.53. The maximum Gasteiger partial charge on any atom is 0.326 e. The van der Waals surface area contributed by atoms with Gasteiger partial charge in [0.05, 0.1) is 5.52 Å². The van der Waals surface area contributed by atoms with Crippen molar-refractivity contribution in [3.05, 3.63) is 33.5 Å². The van der Waals surface area contributed by atoms with E-state index < -0.39 is 23.6 Å². The number of carboxylic acid groups (broad SMARTS) is 1. The fourth-order valence-electron chi connectivity index (χ4n) is 2.21. The molecule has 5 N–H and O–H groups in total. The summed E-state index contributed by atoms with van der Waals surface area (Å²) in [6.45, 7) is 0.205. The van der Waals surface area contributed by atoms with Gasteiger partial charge in [0.25, 0.3) is 5.56 Å². The summed E-state index contributed by atoms with van der Waals surface area (Å²) < 4.78 is 1.00. The third-order valence-electron chi connectivity index (χ3n) is 3.24. The number of urea groups is 1. The molecule has 0 aliphatic rings. The molecular weight excluding hydrogens is 322 g/mol. The van der Waals surface area contributed by atoms with Crippen LogP contribution < -0.4 is 16.6 Å². The summed E-state index contributed by atoms with van der Waals surface area (Å²) in [5, 5.41) is 11.8. The van der Waals surface area contributed by atoms with E-state index >= 15 is 0 Å². The standard InChI is InChI=1S/C13H15N5O4S/c14-12(22)16-6-2-4-8(11(20)21)18-10(19)9-7(17-13(18)23)3-1-5-15-9/h1,3,5,8H,2,4,6H2,(H,17,23)(H,20,21)(H3,14,16,22)/t8-/m0/s1. The second kappa shape index (κ2) is 7.01. The Bertz CT molecular complexity index is 859. The highest BCUT2D eigenvalue weighted by atomic mass is 32.1. The predicted molar refractivity (Wildman–Crippen MR) is 84.7 cm³/mol. The van der Waals surface area contributed by atoms with Crippen molar-refractivity contribution in [2.75, 3.05) is 6.54 Å². The van der Waals surface area contributed by atoms with E-state index in [4.69, 9.17) is 18.0 Å².